The fourth-order valence-electron chi connectivity index (χ4n) is 3.45. The molecule has 0 fully saturated rings. The first-order valence-electron chi connectivity index (χ1n) is 11.8. The van der Waals surface area contributed by atoms with Crippen molar-refractivity contribution in [2.24, 2.45) is 7.05 Å². The predicted octanol–water partition coefficient (Wildman–Crippen LogP) is 4.42. The Morgan fingerprint density at radius 3 is 2.32 bits per heavy atom. The van der Waals surface area contributed by atoms with Crippen molar-refractivity contribution in [2.45, 2.75) is 39.0 Å². The van der Waals surface area contributed by atoms with Crippen LogP contribution in [0.4, 0.5) is 5.00 Å². The molecule has 13 heteroatoms. The molecule has 0 saturated carbocycles. The zero-order valence-corrected chi connectivity index (χ0v) is 23.7. The van der Waals surface area contributed by atoms with Gasteiger partial charge in [-0.25, -0.2) is 9.59 Å². The zero-order chi connectivity index (χ0) is 27.8. The molecule has 1 N–H and O–H groups in total. The summed E-state index contributed by atoms with van der Waals surface area (Å²) in [6.07, 6.45) is -0.397. The number of thioether (sulfide) groups is 1. The zero-order valence-electron chi connectivity index (χ0n) is 22.0. The fourth-order valence-corrected chi connectivity index (χ4v) is 5.27. The number of hydrogen-bond acceptors (Lipinski definition) is 11. The van der Waals surface area contributed by atoms with Gasteiger partial charge in [0.25, 0.3) is 0 Å². The van der Waals surface area contributed by atoms with Gasteiger partial charge in [0, 0.05) is 7.05 Å². The average molecular weight is 563 g/mol. The Balaban J connectivity index is 1.68. The second kappa shape index (κ2) is 13.3. The summed E-state index contributed by atoms with van der Waals surface area (Å²) in [5, 5.41) is 11.9. The summed E-state index contributed by atoms with van der Waals surface area (Å²) in [4.78, 5) is 37.9. The maximum Gasteiger partial charge on any atom is 0.348 e. The van der Waals surface area contributed by atoms with Gasteiger partial charge in [-0.1, -0.05) is 11.8 Å². The number of hydrogen-bond donors (Lipinski definition) is 1. The van der Waals surface area contributed by atoms with Crippen molar-refractivity contribution in [1.29, 1.82) is 0 Å². The lowest BCUT2D eigenvalue weighted by Crippen LogP contribution is -2.17. The lowest BCUT2D eigenvalue weighted by Gasteiger charge is -2.14. The summed E-state index contributed by atoms with van der Waals surface area (Å²) < 4.78 is 23.1. The topological polar surface area (TPSA) is 131 Å². The number of rotatable bonds is 12. The summed E-state index contributed by atoms with van der Waals surface area (Å²) in [5.41, 5.74) is 0.544. The Bertz CT molecular complexity index is 1290. The normalized spacial score (nSPS) is 11.5. The minimum absolute atomic E-state index is 0.00631. The van der Waals surface area contributed by atoms with E-state index in [0.29, 0.717) is 22.3 Å². The molecule has 0 saturated heterocycles. The minimum atomic E-state index is -0.622. The highest BCUT2D eigenvalue weighted by molar-refractivity contribution is 7.99. The van der Waals surface area contributed by atoms with E-state index >= 15 is 0 Å². The lowest BCUT2D eigenvalue weighted by atomic mass is 10.1. The molecule has 1 amide bonds. The molecule has 0 radical (unpaired) electrons. The van der Waals surface area contributed by atoms with Gasteiger partial charge < -0.3 is 28.8 Å². The summed E-state index contributed by atoms with van der Waals surface area (Å²) in [7, 11) is 3.38. The molecular formula is C25H30N4O7S2. The molecule has 11 nitrogen and oxygen atoms in total. The van der Waals surface area contributed by atoms with Crippen molar-refractivity contribution < 1.29 is 33.3 Å². The standard InChI is InChI=1S/C25H30N4O7S2/c1-7-34-23(31)19-14(3)20(24(32)35-8-2)38-22(19)26-18(30)13-37-25-28-27-21(29(25)5)15(4)36-17-11-9-16(33-6)10-12-17/h9-12,15H,7-8,13H2,1-6H3,(H,26,30). The number of ether oxygens (including phenoxy) is 4. The van der Waals surface area contributed by atoms with Crippen LogP contribution in [0.25, 0.3) is 0 Å². The van der Waals surface area contributed by atoms with Crippen molar-refractivity contribution in [1.82, 2.24) is 14.8 Å². The maximum absolute atomic E-state index is 12.8. The molecule has 204 valence electrons. The first-order chi connectivity index (χ1) is 18.2. The Labute approximate surface area is 228 Å². The maximum atomic E-state index is 12.8. The molecule has 2 heterocycles. The molecule has 0 aliphatic heterocycles. The van der Waals surface area contributed by atoms with E-state index in [4.69, 9.17) is 18.9 Å². The van der Waals surface area contributed by atoms with Crippen LogP contribution < -0.4 is 14.8 Å². The molecule has 0 spiro atoms. The smallest absolute Gasteiger partial charge is 0.348 e. The number of carbonyl (C=O) groups excluding carboxylic acids is 3. The molecule has 1 atom stereocenters. The summed E-state index contributed by atoms with van der Waals surface area (Å²) in [6, 6.07) is 7.21. The number of esters is 2. The van der Waals surface area contributed by atoms with Crippen LogP contribution in [0.2, 0.25) is 0 Å². The van der Waals surface area contributed by atoms with Crippen molar-refractivity contribution in [3.05, 3.63) is 46.1 Å². The highest BCUT2D eigenvalue weighted by atomic mass is 32.2. The lowest BCUT2D eigenvalue weighted by molar-refractivity contribution is -0.113. The molecule has 3 aromatic rings. The third kappa shape index (κ3) is 6.84. The number of benzene rings is 1. The van der Waals surface area contributed by atoms with Crippen molar-refractivity contribution >= 4 is 45.9 Å². The predicted molar refractivity (Wildman–Crippen MR) is 143 cm³/mol. The molecular weight excluding hydrogens is 532 g/mol. The Morgan fingerprint density at radius 1 is 1.05 bits per heavy atom. The molecule has 3 rings (SSSR count). The fraction of sp³-hybridized carbons (Fsp3) is 0.400. The van der Waals surface area contributed by atoms with Gasteiger partial charge in [0.1, 0.15) is 21.4 Å². The molecule has 0 bridgehead atoms. The Kier molecular flexibility index (Phi) is 10.1. The highest BCUT2D eigenvalue weighted by Gasteiger charge is 2.27. The van der Waals surface area contributed by atoms with E-state index in [0.717, 1.165) is 17.1 Å². The third-order valence-corrected chi connectivity index (χ3v) is 7.48. The van der Waals surface area contributed by atoms with Crippen LogP contribution in [-0.2, 0) is 21.3 Å². The van der Waals surface area contributed by atoms with Crippen LogP contribution in [0.3, 0.4) is 0 Å². The summed E-state index contributed by atoms with van der Waals surface area (Å²) in [5.74, 6) is 0.390. The first kappa shape index (κ1) is 29.0. The number of amides is 1. The number of nitrogens with one attached hydrogen (secondary N) is 1. The van der Waals surface area contributed by atoms with Crippen LogP contribution in [-0.4, -0.2) is 58.7 Å². The molecule has 38 heavy (non-hydrogen) atoms. The molecule has 1 unspecified atom stereocenters. The second-order valence-electron chi connectivity index (χ2n) is 7.87. The van der Waals surface area contributed by atoms with Gasteiger partial charge in [0.05, 0.1) is 31.6 Å². The van der Waals surface area contributed by atoms with Crippen LogP contribution in [0.5, 0.6) is 11.5 Å². The van der Waals surface area contributed by atoms with E-state index in [2.05, 4.69) is 15.5 Å². The first-order valence-corrected chi connectivity index (χ1v) is 13.6. The molecule has 1 aromatic carbocycles. The van der Waals surface area contributed by atoms with Crippen molar-refractivity contribution in [3.8, 4) is 11.5 Å². The van der Waals surface area contributed by atoms with E-state index < -0.39 is 18.0 Å². The summed E-state index contributed by atoms with van der Waals surface area (Å²) in [6.45, 7) is 7.19. The van der Waals surface area contributed by atoms with Crippen molar-refractivity contribution in [2.75, 3.05) is 31.4 Å². The van der Waals surface area contributed by atoms with Gasteiger partial charge in [0.15, 0.2) is 17.1 Å². The number of carbonyl (C=O) groups is 3. The Morgan fingerprint density at radius 2 is 1.68 bits per heavy atom. The van der Waals surface area contributed by atoms with Gasteiger partial charge in [-0.2, -0.15) is 0 Å². The number of aromatic nitrogens is 3. The van der Waals surface area contributed by atoms with E-state index in [-0.39, 0.29) is 40.3 Å². The van der Waals surface area contributed by atoms with Gasteiger partial charge in [-0.3, -0.25) is 4.79 Å². The molecule has 0 aliphatic carbocycles. The van der Waals surface area contributed by atoms with Gasteiger partial charge in [0.2, 0.25) is 5.91 Å². The number of nitrogens with zero attached hydrogens (tertiary/aromatic N) is 3. The molecule has 0 aliphatic rings. The van der Waals surface area contributed by atoms with E-state index in [9.17, 15) is 14.4 Å². The molecule has 2 aromatic heterocycles. The second-order valence-corrected chi connectivity index (χ2v) is 9.84. The average Bonchev–Trinajstić information content (AvgIpc) is 3.42. The summed E-state index contributed by atoms with van der Waals surface area (Å²) >= 11 is 2.15. The Hall–Kier alpha value is -3.58. The third-order valence-electron chi connectivity index (χ3n) is 5.28. The van der Waals surface area contributed by atoms with Crippen LogP contribution in [0.15, 0.2) is 29.4 Å². The number of thiophene rings is 1. The van der Waals surface area contributed by atoms with Gasteiger partial charge >= 0.3 is 11.9 Å². The van der Waals surface area contributed by atoms with Gasteiger partial charge in [-0.05, 0) is 57.5 Å². The van der Waals surface area contributed by atoms with Crippen LogP contribution >= 0.6 is 23.1 Å². The van der Waals surface area contributed by atoms with E-state index in [1.54, 1.807) is 63.8 Å². The van der Waals surface area contributed by atoms with Crippen LogP contribution in [0, 0.1) is 6.92 Å². The SMILES string of the molecule is CCOC(=O)c1sc(NC(=O)CSc2nnc(C(C)Oc3ccc(OC)cc3)n2C)c(C(=O)OCC)c1C. The number of anilines is 1. The highest BCUT2D eigenvalue weighted by Crippen LogP contribution is 2.34. The monoisotopic (exact) mass is 562 g/mol. The van der Waals surface area contributed by atoms with E-state index in [1.165, 1.54) is 11.8 Å². The van der Waals surface area contributed by atoms with Gasteiger partial charge in [-0.15, -0.1) is 21.5 Å². The largest absolute Gasteiger partial charge is 0.497 e. The van der Waals surface area contributed by atoms with Crippen molar-refractivity contribution in [3.63, 3.8) is 0 Å². The van der Waals surface area contributed by atoms with Crippen LogP contribution in [0.1, 0.15) is 58.3 Å². The van der Waals surface area contributed by atoms with E-state index in [1.807, 2.05) is 6.92 Å². The number of methoxy groups -OCH3 is 1. The minimum Gasteiger partial charge on any atom is -0.497 e. The quantitative estimate of drug-likeness (QED) is 0.250.